The highest BCUT2D eigenvalue weighted by Crippen LogP contribution is 2.29. The second kappa shape index (κ2) is 7.81. The second-order valence-corrected chi connectivity index (χ2v) is 6.10. The Balaban J connectivity index is 1.82. The van der Waals surface area contributed by atoms with Crippen LogP contribution >= 0.6 is 0 Å². The highest BCUT2D eigenvalue weighted by molar-refractivity contribution is 5.76. The molecule has 23 heavy (non-hydrogen) atoms. The van der Waals surface area contributed by atoms with E-state index in [-0.39, 0.29) is 30.9 Å². The van der Waals surface area contributed by atoms with E-state index in [1.165, 1.54) is 12.1 Å². The van der Waals surface area contributed by atoms with E-state index in [0.717, 1.165) is 37.8 Å². The molecule has 0 aliphatic heterocycles. The van der Waals surface area contributed by atoms with E-state index in [0.29, 0.717) is 12.0 Å². The molecule has 1 aliphatic rings. The van der Waals surface area contributed by atoms with Gasteiger partial charge in [-0.1, -0.05) is 25.0 Å². The number of benzene rings is 1. The molecule has 2 rings (SSSR count). The summed E-state index contributed by atoms with van der Waals surface area (Å²) in [5.74, 6) is -0.00554. The number of carbonyl (C=O) groups is 1. The molecule has 0 saturated heterocycles. The molecule has 1 amide bonds. The van der Waals surface area contributed by atoms with Crippen molar-refractivity contribution in [3.05, 3.63) is 35.4 Å². The molecule has 1 aromatic rings. The molecule has 2 N–H and O–H groups in total. The molecule has 2 atom stereocenters. The number of halogens is 3. The summed E-state index contributed by atoms with van der Waals surface area (Å²) in [5, 5.41) is 12.3. The maximum atomic E-state index is 12.5. The number of nitrogens with one attached hydrogen (secondary N) is 1. The predicted molar refractivity (Wildman–Crippen MR) is 80.7 cm³/mol. The molecule has 2 unspecified atom stereocenters. The molecule has 6 heteroatoms. The standard InChI is InChI=1S/C17H22F3NO2/c18-17(19,20)14-8-5-12(6-9-14)7-10-16(23)21-15-4-2-1-3-13(15)11-22/h5-6,8-9,13,15,22H,1-4,7,10-11H2,(H,21,23). The lowest BCUT2D eigenvalue weighted by Crippen LogP contribution is -2.43. The summed E-state index contributed by atoms with van der Waals surface area (Å²) in [4.78, 5) is 12.0. The molecular formula is C17H22F3NO2. The molecule has 128 valence electrons. The number of rotatable bonds is 5. The van der Waals surface area contributed by atoms with Gasteiger partial charge in [0.15, 0.2) is 0 Å². The normalized spacial score (nSPS) is 21.9. The van der Waals surface area contributed by atoms with Gasteiger partial charge in [0.1, 0.15) is 0 Å². The molecule has 0 aromatic heterocycles. The monoisotopic (exact) mass is 329 g/mol. The smallest absolute Gasteiger partial charge is 0.396 e. The van der Waals surface area contributed by atoms with Crippen LogP contribution < -0.4 is 5.32 Å². The molecule has 0 bridgehead atoms. The summed E-state index contributed by atoms with van der Waals surface area (Å²) in [6, 6.07) is 4.90. The van der Waals surface area contributed by atoms with E-state index >= 15 is 0 Å². The Morgan fingerprint density at radius 3 is 2.43 bits per heavy atom. The largest absolute Gasteiger partial charge is 0.416 e. The third-order valence-corrected chi connectivity index (χ3v) is 4.41. The zero-order valence-corrected chi connectivity index (χ0v) is 12.9. The Hall–Kier alpha value is -1.56. The van der Waals surface area contributed by atoms with Crippen molar-refractivity contribution in [1.29, 1.82) is 0 Å². The van der Waals surface area contributed by atoms with Gasteiger partial charge in [0, 0.05) is 25.0 Å². The fraction of sp³-hybridized carbons (Fsp3) is 0.588. The van der Waals surface area contributed by atoms with Crippen LogP contribution in [0.15, 0.2) is 24.3 Å². The van der Waals surface area contributed by atoms with E-state index in [4.69, 9.17) is 0 Å². The third-order valence-electron chi connectivity index (χ3n) is 4.41. The minimum Gasteiger partial charge on any atom is -0.396 e. The highest BCUT2D eigenvalue weighted by Gasteiger charge is 2.30. The summed E-state index contributed by atoms with van der Waals surface area (Å²) in [7, 11) is 0. The SMILES string of the molecule is O=C(CCc1ccc(C(F)(F)F)cc1)NC1CCCCC1CO. The van der Waals surface area contributed by atoms with Crippen LogP contribution in [0.3, 0.4) is 0 Å². The zero-order chi connectivity index (χ0) is 16.9. The van der Waals surface area contributed by atoms with Crippen molar-refractivity contribution in [2.45, 2.75) is 50.7 Å². The Morgan fingerprint density at radius 2 is 1.83 bits per heavy atom. The van der Waals surface area contributed by atoms with Crippen molar-refractivity contribution in [1.82, 2.24) is 5.32 Å². The van der Waals surface area contributed by atoms with Gasteiger partial charge in [0.05, 0.1) is 5.56 Å². The summed E-state index contributed by atoms with van der Waals surface area (Å²) < 4.78 is 37.4. The number of aryl methyl sites for hydroxylation is 1. The Morgan fingerprint density at radius 1 is 1.17 bits per heavy atom. The van der Waals surface area contributed by atoms with Crippen LogP contribution in [0.25, 0.3) is 0 Å². The molecule has 3 nitrogen and oxygen atoms in total. The van der Waals surface area contributed by atoms with Crippen molar-refractivity contribution in [3.8, 4) is 0 Å². The Kier molecular flexibility index (Phi) is 6.04. The molecule has 0 radical (unpaired) electrons. The first kappa shape index (κ1) is 17.8. The van der Waals surface area contributed by atoms with E-state index < -0.39 is 11.7 Å². The van der Waals surface area contributed by atoms with Gasteiger partial charge < -0.3 is 10.4 Å². The fourth-order valence-electron chi connectivity index (χ4n) is 3.01. The first-order valence-electron chi connectivity index (χ1n) is 7.96. The van der Waals surface area contributed by atoms with Crippen molar-refractivity contribution in [2.24, 2.45) is 5.92 Å². The molecule has 1 aromatic carbocycles. The van der Waals surface area contributed by atoms with E-state index in [1.54, 1.807) is 0 Å². The van der Waals surface area contributed by atoms with Gasteiger partial charge >= 0.3 is 6.18 Å². The number of aliphatic hydroxyl groups is 1. The summed E-state index contributed by atoms with van der Waals surface area (Å²) in [6.45, 7) is 0.0733. The maximum absolute atomic E-state index is 12.5. The van der Waals surface area contributed by atoms with Gasteiger partial charge in [-0.2, -0.15) is 13.2 Å². The third kappa shape index (κ3) is 5.23. The Labute approximate surface area is 133 Å². The van der Waals surface area contributed by atoms with Gasteiger partial charge in [-0.3, -0.25) is 4.79 Å². The van der Waals surface area contributed by atoms with Gasteiger partial charge in [-0.25, -0.2) is 0 Å². The highest BCUT2D eigenvalue weighted by atomic mass is 19.4. The van der Waals surface area contributed by atoms with Crippen LogP contribution in [0, 0.1) is 5.92 Å². The van der Waals surface area contributed by atoms with Crippen LogP contribution in [0.4, 0.5) is 13.2 Å². The minimum absolute atomic E-state index is 0.00820. The van der Waals surface area contributed by atoms with Crippen molar-refractivity contribution >= 4 is 5.91 Å². The van der Waals surface area contributed by atoms with E-state index in [9.17, 15) is 23.1 Å². The van der Waals surface area contributed by atoms with E-state index in [1.807, 2.05) is 0 Å². The zero-order valence-electron chi connectivity index (χ0n) is 12.9. The lowest BCUT2D eigenvalue weighted by Gasteiger charge is -2.30. The van der Waals surface area contributed by atoms with Crippen molar-refractivity contribution in [2.75, 3.05) is 6.61 Å². The lowest BCUT2D eigenvalue weighted by atomic mass is 9.85. The molecule has 0 spiro atoms. The second-order valence-electron chi connectivity index (χ2n) is 6.10. The number of amides is 1. The minimum atomic E-state index is -4.34. The van der Waals surface area contributed by atoms with E-state index in [2.05, 4.69) is 5.32 Å². The number of alkyl halides is 3. The molecule has 1 fully saturated rings. The summed E-state index contributed by atoms with van der Waals surface area (Å²) in [6.07, 6.45) is 0.206. The Bertz CT molecular complexity index is 514. The van der Waals surface area contributed by atoms with Crippen LogP contribution in [-0.2, 0) is 17.4 Å². The van der Waals surface area contributed by atoms with Gasteiger partial charge in [-0.15, -0.1) is 0 Å². The first-order valence-corrected chi connectivity index (χ1v) is 7.96. The number of carbonyl (C=O) groups excluding carboxylic acids is 1. The van der Waals surface area contributed by atoms with Crippen LogP contribution in [0.1, 0.15) is 43.2 Å². The van der Waals surface area contributed by atoms with Gasteiger partial charge in [0.25, 0.3) is 0 Å². The van der Waals surface area contributed by atoms with Crippen molar-refractivity contribution < 1.29 is 23.1 Å². The molecule has 0 heterocycles. The van der Waals surface area contributed by atoms with Crippen molar-refractivity contribution in [3.63, 3.8) is 0 Å². The molecular weight excluding hydrogens is 307 g/mol. The van der Waals surface area contributed by atoms with Gasteiger partial charge in [-0.05, 0) is 37.0 Å². The number of aliphatic hydroxyl groups excluding tert-OH is 1. The van der Waals surface area contributed by atoms with Crippen LogP contribution in [0.2, 0.25) is 0 Å². The summed E-state index contributed by atoms with van der Waals surface area (Å²) in [5.41, 5.74) is 0.0224. The van der Waals surface area contributed by atoms with Crippen LogP contribution in [-0.4, -0.2) is 23.7 Å². The predicted octanol–water partition coefficient (Wildman–Crippen LogP) is 3.31. The topological polar surface area (TPSA) is 49.3 Å². The van der Waals surface area contributed by atoms with Crippen LogP contribution in [0.5, 0.6) is 0 Å². The number of hydrogen-bond donors (Lipinski definition) is 2. The summed E-state index contributed by atoms with van der Waals surface area (Å²) >= 11 is 0. The quantitative estimate of drug-likeness (QED) is 0.871. The maximum Gasteiger partial charge on any atom is 0.416 e. The average Bonchev–Trinajstić information content (AvgIpc) is 2.53. The van der Waals surface area contributed by atoms with Gasteiger partial charge in [0.2, 0.25) is 5.91 Å². The fourth-order valence-corrected chi connectivity index (χ4v) is 3.01. The number of hydrogen-bond acceptors (Lipinski definition) is 2. The first-order chi connectivity index (χ1) is 10.9. The lowest BCUT2D eigenvalue weighted by molar-refractivity contribution is -0.137. The average molecular weight is 329 g/mol. The molecule has 1 saturated carbocycles. The molecule has 1 aliphatic carbocycles.